The highest BCUT2D eigenvalue weighted by atomic mass is 35.5. The molecule has 4 aromatic rings. The number of rotatable bonds is 11. The molecule has 0 radical (unpaired) electrons. The normalized spacial score (nSPS) is 14.7. The standard InChI is InChI=1S/C32H37Cl2N3O2/c1-3-5-14-36-16-12-26(13-17-36)38-28-10-11-30-31(22-28)37(15-6-4-2)32(35-30)23-8-7-9-27(18-23)39-29-20-24(33)19-25(34)21-29/h7-11,18-22,26H,3-6,12-17H2,1-2H3. The number of piperidine rings is 1. The van der Waals surface area contributed by atoms with Crippen LogP contribution >= 0.6 is 23.2 Å². The van der Waals surface area contributed by atoms with E-state index in [9.17, 15) is 0 Å². The highest BCUT2D eigenvalue weighted by Gasteiger charge is 2.21. The molecule has 1 fully saturated rings. The molecule has 0 N–H and O–H groups in total. The van der Waals surface area contributed by atoms with Crippen molar-refractivity contribution in [2.24, 2.45) is 0 Å². The van der Waals surface area contributed by atoms with Crippen molar-refractivity contribution in [2.45, 2.75) is 65.0 Å². The van der Waals surface area contributed by atoms with Crippen molar-refractivity contribution < 1.29 is 9.47 Å². The van der Waals surface area contributed by atoms with Crippen molar-refractivity contribution in [1.82, 2.24) is 14.5 Å². The summed E-state index contributed by atoms with van der Waals surface area (Å²) in [5.41, 5.74) is 3.06. The van der Waals surface area contributed by atoms with Crippen LogP contribution in [0.15, 0.2) is 60.7 Å². The first-order chi connectivity index (χ1) is 19.0. The molecule has 0 unspecified atom stereocenters. The molecule has 39 heavy (non-hydrogen) atoms. The highest BCUT2D eigenvalue weighted by molar-refractivity contribution is 6.34. The third-order valence-electron chi connectivity index (χ3n) is 7.28. The number of nitrogens with zero attached hydrogens (tertiary/aromatic N) is 3. The van der Waals surface area contributed by atoms with E-state index in [1.54, 1.807) is 18.2 Å². The van der Waals surface area contributed by atoms with Gasteiger partial charge in [0.15, 0.2) is 0 Å². The second-order valence-corrected chi connectivity index (χ2v) is 11.2. The van der Waals surface area contributed by atoms with E-state index in [4.69, 9.17) is 37.7 Å². The van der Waals surface area contributed by atoms with Crippen LogP contribution in [0.2, 0.25) is 10.0 Å². The zero-order chi connectivity index (χ0) is 27.2. The van der Waals surface area contributed by atoms with E-state index in [0.29, 0.717) is 21.5 Å². The maximum atomic E-state index is 6.49. The summed E-state index contributed by atoms with van der Waals surface area (Å²) < 4.78 is 14.9. The summed E-state index contributed by atoms with van der Waals surface area (Å²) in [4.78, 5) is 7.61. The largest absolute Gasteiger partial charge is 0.490 e. The first-order valence-corrected chi connectivity index (χ1v) is 14.9. The predicted octanol–water partition coefficient (Wildman–Crippen LogP) is 9.25. The molecule has 5 rings (SSSR count). The van der Waals surface area contributed by atoms with Crippen LogP contribution in [0.3, 0.4) is 0 Å². The first kappa shape index (κ1) is 27.8. The van der Waals surface area contributed by atoms with Crippen LogP contribution in [0.5, 0.6) is 17.2 Å². The lowest BCUT2D eigenvalue weighted by Crippen LogP contribution is -2.38. The molecule has 2 heterocycles. The predicted molar refractivity (Wildman–Crippen MR) is 162 cm³/mol. The van der Waals surface area contributed by atoms with Gasteiger partial charge in [0.1, 0.15) is 29.2 Å². The van der Waals surface area contributed by atoms with Gasteiger partial charge in [-0.2, -0.15) is 0 Å². The van der Waals surface area contributed by atoms with Gasteiger partial charge in [0, 0.05) is 41.3 Å². The molecule has 3 aromatic carbocycles. The van der Waals surface area contributed by atoms with Crippen molar-refractivity contribution in [3.63, 3.8) is 0 Å². The smallest absolute Gasteiger partial charge is 0.141 e. The Bertz CT molecular complexity index is 1380. The Balaban J connectivity index is 1.38. The van der Waals surface area contributed by atoms with E-state index < -0.39 is 0 Å². The van der Waals surface area contributed by atoms with E-state index in [-0.39, 0.29) is 6.10 Å². The average molecular weight is 567 g/mol. The van der Waals surface area contributed by atoms with Crippen LogP contribution in [-0.4, -0.2) is 40.2 Å². The number of hydrogen-bond donors (Lipinski definition) is 0. The SMILES string of the molecule is CCCCN1CCC(Oc2ccc3nc(-c4cccc(Oc5cc(Cl)cc(Cl)c5)c4)n(CCCC)c3c2)CC1. The van der Waals surface area contributed by atoms with Crippen LogP contribution in [0.25, 0.3) is 22.4 Å². The molecule has 0 saturated carbocycles. The molecule has 0 spiro atoms. The summed E-state index contributed by atoms with van der Waals surface area (Å²) in [6.07, 6.45) is 7.11. The monoisotopic (exact) mass is 565 g/mol. The Hall–Kier alpha value is -2.73. The van der Waals surface area contributed by atoms with Crippen molar-refractivity contribution >= 4 is 34.2 Å². The Labute approximate surface area is 241 Å². The van der Waals surface area contributed by atoms with E-state index in [2.05, 4.69) is 47.6 Å². The van der Waals surface area contributed by atoms with E-state index in [1.807, 2.05) is 18.2 Å². The number of halogens is 2. The molecule has 7 heteroatoms. The average Bonchev–Trinajstić information content (AvgIpc) is 3.29. The summed E-state index contributed by atoms with van der Waals surface area (Å²) in [6.45, 7) is 8.79. The van der Waals surface area contributed by atoms with Crippen molar-refractivity contribution in [1.29, 1.82) is 0 Å². The minimum absolute atomic E-state index is 0.264. The minimum Gasteiger partial charge on any atom is -0.490 e. The zero-order valence-corrected chi connectivity index (χ0v) is 24.3. The second-order valence-electron chi connectivity index (χ2n) is 10.3. The van der Waals surface area contributed by atoms with Gasteiger partial charge in [-0.1, -0.05) is 62.0 Å². The molecule has 0 amide bonds. The lowest BCUT2D eigenvalue weighted by atomic mass is 10.1. The Morgan fingerprint density at radius 2 is 1.56 bits per heavy atom. The van der Waals surface area contributed by atoms with Gasteiger partial charge in [-0.3, -0.25) is 0 Å². The van der Waals surface area contributed by atoms with Gasteiger partial charge in [-0.05, 0) is 74.7 Å². The summed E-state index contributed by atoms with van der Waals surface area (Å²) >= 11 is 12.3. The molecule has 5 nitrogen and oxygen atoms in total. The molecule has 1 aliphatic rings. The van der Waals surface area contributed by atoms with E-state index in [0.717, 1.165) is 73.5 Å². The van der Waals surface area contributed by atoms with Gasteiger partial charge in [0.05, 0.1) is 11.0 Å². The van der Waals surface area contributed by atoms with Gasteiger partial charge < -0.3 is 18.9 Å². The molecular formula is C32H37Cl2N3O2. The number of imidazole rings is 1. The lowest BCUT2D eigenvalue weighted by Gasteiger charge is -2.32. The van der Waals surface area contributed by atoms with Gasteiger partial charge >= 0.3 is 0 Å². The number of hydrogen-bond acceptors (Lipinski definition) is 4. The topological polar surface area (TPSA) is 39.5 Å². The Morgan fingerprint density at radius 3 is 2.31 bits per heavy atom. The van der Waals surface area contributed by atoms with Crippen LogP contribution in [-0.2, 0) is 6.54 Å². The molecular weight excluding hydrogens is 529 g/mol. The molecule has 0 bridgehead atoms. The quantitative estimate of drug-likeness (QED) is 0.181. The maximum absolute atomic E-state index is 6.49. The maximum Gasteiger partial charge on any atom is 0.141 e. The first-order valence-electron chi connectivity index (χ1n) is 14.2. The number of ether oxygens (including phenoxy) is 2. The van der Waals surface area contributed by atoms with Crippen molar-refractivity contribution in [2.75, 3.05) is 19.6 Å². The van der Waals surface area contributed by atoms with Gasteiger partial charge in [0.25, 0.3) is 0 Å². The zero-order valence-electron chi connectivity index (χ0n) is 22.8. The fraction of sp³-hybridized carbons (Fsp3) is 0.406. The van der Waals surface area contributed by atoms with Crippen molar-refractivity contribution in [3.05, 3.63) is 70.7 Å². The van der Waals surface area contributed by atoms with Crippen molar-refractivity contribution in [3.8, 4) is 28.6 Å². The van der Waals surface area contributed by atoms with Gasteiger partial charge in [0.2, 0.25) is 0 Å². The summed E-state index contributed by atoms with van der Waals surface area (Å²) in [5.74, 6) is 3.15. The highest BCUT2D eigenvalue weighted by Crippen LogP contribution is 2.33. The van der Waals surface area contributed by atoms with Crippen LogP contribution in [0, 0.1) is 0 Å². The number of aromatic nitrogens is 2. The summed E-state index contributed by atoms with van der Waals surface area (Å²) in [7, 11) is 0. The second kappa shape index (κ2) is 13.1. The third-order valence-corrected chi connectivity index (χ3v) is 7.72. The minimum atomic E-state index is 0.264. The fourth-order valence-corrected chi connectivity index (χ4v) is 5.69. The van der Waals surface area contributed by atoms with Crippen LogP contribution in [0.1, 0.15) is 52.4 Å². The summed E-state index contributed by atoms with van der Waals surface area (Å²) in [6, 6.07) is 19.5. The third kappa shape index (κ3) is 7.08. The van der Waals surface area contributed by atoms with Gasteiger partial charge in [-0.15, -0.1) is 0 Å². The fourth-order valence-electron chi connectivity index (χ4n) is 5.19. The number of benzene rings is 3. The molecule has 1 aromatic heterocycles. The number of fused-ring (bicyclic) bond motifs is 1. The van der Waals surface area contributed by atoms with E-state index >= 15 is 0 Å². The Kier molecular flexibility index (Phi) is 9.33. The summed E-state index contributed by atoms with van der Waals surface area (Å²) in [5, 5.41) is 1.07. The molecule has 0 aliphatic carbocycles. The molecule has 0 atom stereocenters. The Morgan fingerprint density at radius 1 is 0.821 bits per heavy atom. The lowest BCUT2D eigenvalue weighted by molar-refractivity contribution is 0.0999. The number of unbranched alkanes of at least 4 members (excludes halogenated alkanes) is 2. The van der Waals surface area contributed by atoms with Crippen LogP contribution in [0.4, 0.5) is 0 Å². The number of aryl methyl sites for hydroxylation is 1. The van der Waals surface area contributed by atoms with Crippen LogP contribution < -0.4 is 9.47 Å². The molecule has 1 aliphatic heterocycles. The van der Waals surface area contributed by atoms with E-state index in [1.165, 1.54) is 19.4 Å². The molecule has 1 saturated heterocycles. The molecule has 206 valence electrons. The van der Waals surface area contributed by atoms with Gasteiger partial charge in [-0.25, -0.2) is 4.98 Å². The number of likely N-dealkylation sites (tertiary alicyclic amines) is 1.